The predicted octanol–water partition coefficient (Wildman–Crippen LogP) is 0.714. The molecular weight excluding hydrogens is 204 g/mol. The topological polar surface area (TPSA) is 71.6 Å². The summed E-state index contributed by atoms with van der Waals surface area (Å²) in [6.45, 7) is 0. The van der Waals surface area contributed by atoms with Gasteiger partial charge in [0.05, 0.1) is 11.3 Å². The highest BCUT2D eigenvalue weighted by Crippen LogP contribution is 2.15. The standard InChI is InChI=1S/C11H8N4O/c1-15-7-8(6-12)10(14-11(15)16)9-4-2-3-5-13-9/h2-5,7H,1H3. The molecule has 2 aromatic heterocycles. The second-order valence-corrected chi connectivity index (χ2v) is 3.22. The minimum absolute atomic E-state index is 0.325. The molecule has 0 bridgehead atoms. The van der Waals surface area contributed by atoms with Gasteiger partial charge in [-0.15, -0.1) is 0 Å². The fourth-order valence-electron chi connectivity index (χ4n) is 1.32. The van der Waals surface area contributed by atoms with Crippen molar-refractivity contribution in [3.63, 3.8) is 0 Å². The van der Waals surface area contributed by atoms with Crippen LogP contribution in [0.5, 0.6) is 0 Å². The van der Waals surface area contributed by atoms with Gasteiger partial charge in [0.15, 0.2) is 0 Å². The maximum Gasteiger partial charge on any atom is 0.347 e. The first-order valence-corrected chi connectivity index (χ1v) is 4.61. The third kappa shape index (κ3) is 1.68. The molecule has 0 aromatic carbocycles. The molecule has 2 rings (SSSR count). The smallest absolute Gasteiger partial charge is 0.301 e. The Hall–Kier alpha value is -2.48. The van der Waals surface area contributed by atoms with Crippen molar-refractivity contribution >= 4 is 0 Å². The number of pyridine rings is 1. The maximum absolute atomic E-state index is 11.4. The summed E-state index contributed by atoms with van der Waals surface area (Å²) < 4.78 is 1.27. The van der Waals surface area contributed by atoms with Crippen LogP contribution in [0.4, 0.5) is 0 Å². The first kappa shape index (κ1) is 10.1. The van der Waals surface area contributed by atoms with Crippen LogP contribution in [0.15, 0.2) is 35.4 Å². The van der Waals surface area contributed by atoms with Crippen LogP contribution >= 0.6 is 0 Å². The fraction of sp³-hybridized carbons (Fsp3) is 0.0909. The Balaban J connectivity index is 2.71. The zero-order valence-corrected chi connectivity index (χ0v) is 8.58. The van der Waals surface area contributed by atoms with Crippen molar-refractivity contribution in [2.45, 2.75) is 0 Å². The summed E-state index contributed by atoms with van der Waals surface area (Å²) >= 11 is 0. The molecule has 0 radical (unpaired) electrons. The minimum atomic E-state index is -0.403. The van der Waals surface area contributed by atoms with E-state index in [1.54, 1.807) is 31.4 Å². The van der Waals surface area contributed by atoms with Gasteiger partial charge < -0.3 is 4.57 Å². The Morgan fingerprint density at radius 1 is 1.44 bits per heavy atom. The van der Waals surface area contributed by atoms with Crippen LogP contribution in [0.25, 0.3) is 11.4 Å². The molecule has 5 heteroatoms. The van der Waals surface area contributed by atoms with E-state index in [4.69, 9.17) is 5.26 Å². The molecule has 0 fully saturated rings. The molecule has 78 valence electrons. The molecule has 0 aliphatic carbocycles. The number of hydrogen-bond acceptors (Lipinski definition) is 4. The lowest BCUT2D eigenvalue weighted by Crippen LogP contribution is -2.21. The monoisotopic (exact) mass is 212 g/mol. The number of rotatable bonds is 1. The van der Waals surface area contributed by atoms with Crippen LogP contribution in [0.1, 0.15) is 5.56 Å². The van der Waals surface area contributed by atoms with Crippen molar-refractivity contribution in [3.05, 3.63) is 46.6 Å². The average Bonchev–Trinajstić information content (AvgIpc) is 2.33. The molecule has 2 aromatic rings. The van der Waals surface area contributed by atoms with Crippen molar-refractivity contribution in [1.29, 1.82) is 5.26 Å². The van der Waals surface area contributed by atoms with E-state index in [9.17, 15) is 4.79 Å². The summed E-state index contributed by atoms with van der Waals surface area (Å²) in [5.74, 6) is 0. The van der Waals surface area contributed by atoms with Crippen molar-refractivity contribution in [2.24, 2.45) is 7.05 Å². The fourth-order valence-corrected chi connectivity index (χ4v) is 1.32. The molecule has 0 aliphatic rings. The maximum atomic E-state index is 11.4. The first-order valence-electron chi connectivity index (χ1n) is 4.61. The second kappa shape index (κ2) is 3.95. The lowest BCUT2D eigenvalue weighted by atomic mass is 10.2. The molecule has 0 saturated carbocycles. The number of hydrogen-bond donors (Lipinski definition) is 0. The van der Waals surface area contributed by atoms with Gasteiger partial charge in [0, 0.05) is 19.4 Å². The van der Waals surface area contributed by atoms with Gasteiger partial charge in [-0.05, 0) is 12.1 Å². The van der Waals surface area contributed by atoms with Gasteiger partial charge in [-0.25, -0.2) is 4.79 Å². The summed E-state index contributed by atoms with van der Waals surface area (Å²) in [5.41, 5.74) is 0.781. The third-order valence-electron chi connectivity index (χ3n) is 2.12. The average molecular weight is 212 g/mol. The summed E-state index contributed by atoms with van der Waals surface area (Å²) in [6.07, 6.45) is 3.05. The zero-order valence-electron chi connectivity index (χ0n) is 8.58. The van der Waals surface area contributed by atoms with Gasteiger partial charge in [-0.2, -0.15) is 10.2 Å². The zero-order chi connectivity index (χ0) is 11.5. The number of aryl methyl sites for hydroxylation is 1. The van der Waals surface area contributed by atoms with E-state index < -0.39 is 5.69 Å². The van der Waals surface area contributed by atoms with Gasteiger partial charge >= 0.3 is 5.69 Å². The molecule has 5 nitrogen and oxygen atoms in total. The third-order valence-corrected chi connectivity index (χ3v) is 2.12. The van der Waals surface area contributed by atoms with Gasteiger partial charge in [0.2, 0.25) is 0 Å². The van der Waals surface area contributed by atoms with Crippen molar-refractivity contribution in [3.8, 4) is 17.5 Å². The quantitative estimate of drug-likeness (QED) is 0.698. The summed E-state index contributed by atoms with van der Waals surface area (Å²) in [4.78, 5) is 19.3. The predicted molar refractivity (Wildman–Crippen MR) is 57.4 cm³/mol. The SMILES string of the molecule is Cn1cc(C#N)c(-c2ccccn2)nc1=O. The van der Waals surface area contributed by atoms with Crippen LogP contribution in [-0.2, 0) is 7.05 Å². The first-order chi connectivity index (χ1) is 7.72. The van der Waals surface area contributed by atoms with Crippen molar-refractivity contribution < 1.29 is 0 Å². The van der Waals surface area contributed by atoms with Crippen LogP contribution in [0.2, 0.25) is 0 Å². The van der Waals surface area contributed by atoms with Gasteiger partial charge in [-0.1, -0.05) is 6.07 Å². The van der Waals surface area contributed by atoms with Gasteiger partial charge in [0.1, 0.15) is 11.8 Å². The summed E-state index contributed by atoms with van der Waals surface area (Å²) in [5, 5.41) is 8.96. The van der Waals surface area contributed by atoms with Crippen LogP contribution in [0, 0.1) is 11.3 Å². The lowest BCUT2D eigenvalue weighted by molar-refractivity contribution is 0.808. The van der Waals surface area contributed by atoms with Gasteiger partial charge in [0.25, 0.3) is 0 Å². The molecule has 0 N–H and O–H groups in total. The minimum Gasteiger partial charge on any atom is -0.301 e. The Morgan fingerprint density at radius 3 is 2.88 bits per heavy atom. The van der Waals surface area contributed by atoms with Crippen LogP contribution in [0.3, 0.4) is 0 Å². The van der Waals surface area contributed by atoms with E-state index in [0.29, 0.717) is 17.0 Å². The van der Waals surface area contributed by atoms with E-state index in [1.807, 2.05) is 6.07 Å². The van der Waals surface area contributed by atoms with Crippen molar-refractivity contribution in [1.82, 2.24) is 14.5 Å². The Morgan fingerprint density at radius 2 is 2.25 bits per heavy atom. The number of nitrogens with zero attached hydrogens (tertiary/aromatic N) is 4. The molecule has 0 spiro atoms. The van der Waals surface area contributed by atoms with E-state index in [1.165, 1.54) is 10.8 Å². The van der Waals surface area contributed by atoms with Gasteiger partial charge in [-0.3, -0.25) is 4.98 Å². The molecule has 2 heterocycles. The molecule has 0 aliphatic heterocycles. The summed E-state index contributed by atoms with van der Waals surface area (Å²) in [7, 11) is 1.55. The van der Waals surface area contributed by atoms with E-state index in [0.717, 1.165) is 0 Å². The molecule has 16 heavy (non-hydrogen) atoms. The van der Waals surface area contributed by atoms with E-state index in [2.05, 4.69) is 9.97 Å². The Kier molecular flexibility index (Phi) is 2.48. The Bertz CT molecular complexity index is 610. The van der Waals surface area contributed by atoms with Crippen LogP contribution < -0.4 is 5.69 Å². The van der Waals surface area contributed by atoms with E-state index >= 15 is 0 Å². The van der Waals surface area contributed by atoms with Crippen molar-refractivity contribution in [2.75, 3.05) is 0 Å². The highest BCUT2D eigenvalue weighted by molar-refractivity contribution is 5.61. The molecule has 0 amide bonds. The molecule has 0 unspecified atom stereocenters. The normalized spacial score (nSPS) is 9.75. The largest absolute Gasteiger partial charge is 0.347 e. The molecular formula is C11H8N4O. The van der Waals surface area contributed by atoms with Crippen LogP contribution in [-0.4, -0.2) is 14.5 Å². The number of aromatic nitrogens is 3. The Labute approximate surface area is 91.6 Å². The van der Waals surface area contributed by atoms with E-state index in [-0.39, 0.29) is 0 Å². The lowest BCUT2D eigenvalue weighted by Gasteiger charge is -2.03. The second-order valence-electron chi connectivity index (χ2n) is 3.22. The number of nitriles is 1. The highest BCUT2D eigenvalue weighted by Gasteiger charge is 2.09. The summed E-state index contributed by atoms with van der Waals surface area (Å²) in [6, 6.07) is 7.25. The highest BCUT2D eigenvalue weighted by atomic mass is 16.1. The molecule has 0 saturated heterocycles. The molecule has 0 atom stereocenters.